The number of rotatable bonds is 9. The van der Waals surface area contributed by atoms with Gasteiger partial charge < -0.3 is 28.7 Å². The Labute approximate surface area is 321 Å². The predicted octanol–water partition coefficient (Wildman–Crippen LogP) is 7.51. The molecule has 7 aromatic rings. The molecule has 11 nitrogen and oxygen atoms in total. The summed E-state index contributed by atoms with van der Waals surface area (Å²) in [5, 5.41) is 3.69. The molecule has 4 atom stereocenters. The lowest BCUT2D eigenvalue weighted by Gasteiger charge is -2.23. The fourth-order valence-electron chi connectivity index (χ4n) is 7.33. The van der Waals surface area contributed by atoms with Crippen LogP contribution in [0.25, 0.3) is 32.6 Å². The number of hydrogen-bond donors (Lipinski definition) is 1. The molecule has 1 fully saturated rings. The number of carbonyl (C=O) groups is 4. The zero-order valence-corrected chi connectivity index (χ0v) is 30.8. The Morgan fingerprint density at radius 2 is 1.27 bits per heavy atom. The molecule has 1 N–H and O–H groups in total. The van der Waals surface area contributed by atoms with E-state index in [2.05, 4.69) is 4.98 Å². The number of benzene rings is 5. The average Bonchev–Trinajstić information content (AvgIpc) is 3.77. The van der Waals surface area contributed by atoms with Crippen LogP contribution >= 0.6 is 0 Å². The van der Waals surface area contributed by atoms with Crippen molar-refractivity contribution in [3.05, 3.63) is 155 Å². The van der Waals surface area contributed by atoms with Gasteiger partial charge in [-0.1, -0.05) is 54.6 Å². The van der Waals surface area contributed by atoms with Crippen molar-refractivity contribution >= 4 is 56.5 Å². The van der Waals surface area contributed by atoms with Gasteiger partial charge in [-0.25, -0.2) is 14.4 Å². The Morgan fingerprint density at radius 3 is 1.88 bits per heavy atom. The Hall–Kier alpha value is -6.85. The topological polar surface area (TPSA) is 134 Å². The first kappa shape index (κ1) is 36.1. The second-order valence-electron chi connectivity index (χ2n) is 13.6. The van der Waals surface area contributed by atoms with E-state index in [1.807, 2.05) is 44.4 Å². The standard InChI is InChI=1S/C45H36N2O9/c1-26-35-24-47(22-21-33(35)27(2)39-38(26)34-23-32(53-28(3)48)19-20-36(34)46-39)42-41(56-45(51)31-17-11-6-12-18-31)40(55-44(50)30-15-9-5-10-16-30)37(54-42)25-52-43(49)29-13-7-4-8-14-29/h4-24,37,40-42H,25H2,1-3H3/p+1/t37-,40-,41-,42-/m0/s1. The molecule has 3 heterocycles. The van der Waals surface area contributed by atoms with Gasteiger partial charge >= 0.3 is 30.1 Å². The molecule has 11 heteroatoms. The van der Waals surface area contributed by atoms with Crippen molar-refractivity contribution in [3.63, 3.8) is 0 Å². The normalized spacial score (nSPS) is 17.8. The molecule has 280 valence electrons. The van der Waals surface area contributed by atoms with Gasteiger partial charge in [-0.2, -0.15) is 4.57 Å². The molecule has 5 aromatic carbocycles. The van der Waals surface area contributed by atoms with Crippen LogP contribution in [-0.2, 0) is 23.7 Å². The summed E-state index contributed by atoms with van der Waals surface area (Å²) in [5.41, 5.74) is 4.69. The van der Waals surface area contributed by atoms with Crippen LogP contribution in [0.1, 0.15) is 55.4 Å². The van der Waals surface area contributed by atoms with Crippen LogP contribution in [0, 0.1) is 13.8 Å². The van der Waals surface area contributed by atoms with Crippen LogP contribution in [0.5, 0.6) is 5.75 Å². The summed E-state index contributed by atoms with van der Waals surface area (Å²) in [7, 11) is 0. The first-order valence-electron chi connectivity index (χ1n) is 18.1. The highest BCUT2D eigenvalue weighted by atomic mass is 16.7. The summed E-state index contributed by atoms with van der Waals surface area (Å²) in [4.78, 5) is 55.8. The first-order valence-corrected chi connectivity index (χ1v) is 18.1. The summed E-state index contributed by atoms with van der Waals surface area (Å²) in [6.07, 6.45) is -0.682. The molecule has 1 aliphatic rings. The zero-order chi connectivity index (χ0) is 38.9. The number of aromatic amines is 1. The van der Waals surface area contributed by atoms with Gasteiger partial charge in [-0.05, 0) is 85.0 Å². The van der Waals surface area contributed by atoms with Gasteiger partial charge in [-0.3, -0.25) is 4.79 Å². The molecule has 0 aliphatic carbocycles. The molecule has 2 aromatic heterocycles. The lowest BCUT2D eigenvalue weighted by molar-refractivity contribution is -0.764. The van der Waals surface area contributed by atoms with Gasteiger partial charge in [-0.15, -0.1) is 0 Å². The van der Waals surface area contributed by atoms with E-state index >= 15 is 0 Å². The Morgan fingerprint density at radius 1 is 0.679 bits per heavy atom. The van der Waals surface area contributed by atoms with E-state index in [1.165, 1.54) is 6.92 Å². The fraction of sp³-hybridized carbons (Fsp3) is 0.178. The van der Waals surface area contributed by atoms with E-state index in [0.717, 1.165) is 43.7 Å². The molecule has 0 radical (unpaired) electrons. The number of aryl methyl sites for hydroxylation is 2. The molecule has 1 aliphatic heterocycles. The molecule has 56 heavy (non-hydrogen) atoms. The number of esters is 4. The van der Waals surface area contributed by atoms with Crippen LogP contribution in [-0.4, -0.2) is 53.8 Å². The highest BCUT2D eigenvalue weighted by Crippen LogP contribution is 2.38. The van der Waals surface area contributed by atoms with Crippen LogP contribution in [0.2, 0.25) is 0 Å². The van der Waals surface area contributed by atoms with Crippen molar-refractivity contribution in [2.75, 3.05) is 6.61 Å². The highest BCUT2D eigenvalue weighted by molar-refractivity contribution is 6.16. The second-order valence-corrected chi connectivity index (χ2v) is 13.6. The lowest BCUT2D eigenvalue weighted by atomic mass is 9.97. The summed E-state index contributed by atoms with van der Waals surface area (Å²) < 4.78 is 31.9. The monoisotopic (exact) mass is 749 g/mol. The SMILES string of the molecule is CC(=O)Oc1ccc2[nH]c3c(C)c4cc[n+]([C@H]5O[C@@H](COC(=O)c6ccccc6)[C@H](OC(=O)c6ccccc6)[C@@H]5OC(=O)c5ccccc5)cc4c(C)c3c2c1. The quantitative estimate of drug-likeness (QED) is 0.0689. The number of nitrogens with zero attached hydrogens (tertiary/aromatic N) is 1. The third-order valence-corrected chi connectivity index (χ3v) is 10.0. The van der Waals surface area contributed by atoms with Crippen LogP contribution in [0.3, 0.4) is 0 Å². The number of fused-ring (bicyclic) bond motifs is 4. The van der Waals surface area contributed by atoms with Crippen molar-refractivity contribution in [2.24, 2.45) is 0 Å². The number of H-pyrrole nitrogens is 1. The minimum atomic E-state index is -1.19. The van der Waals surface area contributed by atoms with E-state index in [0.29, 0.717) is 16.9 Å². The van der Waals surface area contributed by atoms with Crippen LogP contribution in [0.15, 0.2) is 128 Å². The minimum absolute atomic E-state index is 0.285. The van der Waals surface area contributed by atoms with E-state index < -0.39 is 48.4 Å². The smallest absolute Gasteiger partial charge is 0.338 e. The summed E-state index contributed by atoms with van der Waals surface area (Å²) in [6.45, 7) is 5.10. The predicted molar refractivity (Wildman–Crippen MR) is 206 cm³/mol. The Balaban J connectivity index is 1.23. The van der Waals surface area contributed by atoms with Gasteiger partial charge in [0.05, 0.1) is 22.2 Å². The largest absolute Gasteiger partial charge is 0.459 e. The lowest BCUT2D eigenvalue weighted by Crippen LogP contribution is -2.48. The average molecular weight is 750 g/mol. The van der Waals surface area contributed by atoms with Crippen molar-refractivity contribution in [3.8, 4) is 5.75 Å². The number of aromatic nitrogens is 2. The fourth-order valence-corrected chi connectivity index (χ4v) is 7.33. The molecule has 0 saturated carbocycles. The van der Waals surface area contributed by atoms with Crippen molar-refractivity contribution < 1.29 is 47.4 Å². The maximum Gasteiger partial charge on any atom is 0.338 e. The van der Waals surface area contributed by atoms with E-state index in [9.17, 15) is 19.2 Å². The summed E-state index contributed by atoms with van der Waals surface area (Å²) >= 11 is 0. The van der Waals surface area contributed by atoms with Crippen LogP contribution in [0.4, 0.5) is 0 Å². The number of pyridine rings is 1. The van der Waals surface area contributed by atoms with Gasteiger partial charge in [0.15, 0.2) is 18.5 Å². The molecule has 0 bridgehead atoms. The molecule has 0 amide bonds. The van der Waals surface area contributed by atoms with E-state index in [1.54, 1.807) is 102 Å². The molecule has 8 rings (SSSR count). The molecule has 0 spiro atoms. The molecule has 1 saturated heterocycles. The number of carbonyl (C=O) groups excluding carboxylic acids is 4. The van der Waals surface area contributed by atoms with Gasteiger partial charge in [0.1, 0.15) is 18.5 Å². The van der Waals surface area contributed by atoms with Crippen molar-refractivity contribution in [1.29, 1.82) is 0 Å². The number of hydrogen-bond acceptors (Lipinski definition) is 9. The number of ether oxygens (including phenoxy) is 5. The van der Waals surface area contributed by atoms with Gasteiger partial charge in [0.2, 0.25) is 6.10 Å². The second kappa shape index (κ2) is 15.1. The first-order chi connectivity index (χ1) is 27.2. The van der Waals surface area contributed by atoms with Crippen molar-refractivity contribution in [2.45, 2.75) is 45.3 Å². The zero-order valence-electron chi connectivity index (χ0n) is 30.8. The third-order valence-electron chi connectivity index (χ3n) is 10.0. The summed E-state index contributed by atoms with van der Waals surface area (Å²) in [5.74, 6) is -1.88. The van der Waals surface area contributed by atoms with Crippen LogP contribution < -0.4 is 9.30 Å². The van der Waals surface area contributed by atoms with Gasteiger partial charge in [0, 0.05) is 34.7 Å². The maximum absolute atomic E-state index is 13.7. The molecular weight excluding hydrogens is 712 g/mol. The summed E-state index contributed by atoms with van der Waals surface area (Å²) in [6, 6.07) is 32.9. The number of nitrogens with one attached hydrogen (secondary N) is 1. The van der Waals surface area contributed by atoms with Gasteiger partial charge in [0.25, 0.3) is 0 Å². The maximum atomic E-state index is 13.7. The third kappa shape index (κ3) is 6.96. The van der Waals surface area contributed by atoms with E-state index in [4.69, 9.17) is 23.7 Å². The Kier molecular flexibility index (Phi) is 9.76. The Bertz CT molecular complexity index is 2620. The molecule has 0 unspecified atom stereocenters. The highest BCUT2D eigenvalue weighted by Gasteiger charge is 2.55. The van der Waals surface area contributed by atoms with Crippen molar-refractivity contribution in [1.82, 2.24) is 4.98 Å². The minimum Gasteiger partial charge on any atom is -0.459 e. The molecular formula is C45H37N2O9+. The van der Waals surface area contributed by atoms with E-state index in [-0.39, 0.29) is 12.2 Å².